The number of hydrogen-bond acceptors (Lipinski definition) is 5. The van der Waals surface area contributed by atoms with Crippen LogP contribution in [0.4, 0.5) is 5.69 Å². The Morgan fingerprint density at radius 2 is 2.10 bits per heavy atom. The molecule has 2 aromatic carbocycles. The van der Waals surface area contributed by atoms with E-state index < -0.39 is 0 Å². The van der Waals surface area contributed by atoms with Gasteiger partial charge in [0.25, 0.3) is 0 Å². The normalized spacial score (nSPS) is 20.1. The monoisotopic (exact) mass is 399 g/mol. The van der Waals surface area contributed by atoms with Gasteiger partial charge < -0.3 is 21.7 Å². The lowest BCUT2D eigenvalue weighted by Crippen LogP contribution is -2.20. The van der Waals surface area contributed by atoms with Crippen molar-refractivity contribution in [1.82, 2.24) is 10.6 Å². The first-order valence-corrected chi connectivity index (χ1v) is 10.6. The molecule has 0 saturated heterocycles. The molecule has 4 rings (SSSR count). The second-order valence-corrected chi connectivity index (χ2v) is 7.95. The van der Waals surface area contributed by atoms with Gasteiger partial charge in [-0.3, -0.25) is 0 Å². The average Bonchev–Trinajstić information content (AvgIpc) is 2.95. The Bertz CT molecular complexity index is 1020. The number of hydrogen-bond donors (Lipinski definition) is 4. The van der Waals surface area contributed by atoms with E-state index in [1.54, 1.807) is 0 Å². The van der Waals surface area contributed by atoms with Crippen LogP contribution < -0.4 is 21.7 Å². The first-order chi connectivity index (χ1) is 14.7. The predicted molar refractivity (Wildman–Crippen MR) is 123 cm³/mol. The number of nitrogens with zero attached hydrogens (tertiary/aromatic N) is 1. The molecule has 5 nitrogen and oxygen atoms in total. The molecule has 30 heavy (non-hydrogen) atoms. The topological polar surface area (TPSA) is 85.9 Å². The average molecular weight is 400 g/mol. The van der Waals surface area contributed by atoms with E-state index in [0.717, 1.165) is 60.7 Å². The van der Waals surface area contributed by atoms with Crippen LogP contribution in [-0.4, -0.2) is 19.6 Å². The minimum Gasteiger partial charge on any atom is -0.401 e. The summed E-state index contributed by atoms with van der Waals surface area (Å²) in [5.74, 6) is 0. The van der Waals surface area contributed by atoms with E-state index in [2.05, 4.69) is 52.4 Å². The van der Waals surface area contributed by atoms with Gasteiger partial charge in [-0.05, 0) is 60.7 Å². The highest BCUT2D eigenvalue weighted by Gasteiger charge is 2.24. The lowest BCUT2D eigenvalue weighted by Gasteiger charge is -2.23. The molecule has 5 N–H and O–H groups in total. The van der Waals surface area contributed by atoms with Gasteiger partial charge in [0.2, 0.25) is 0 Å². The fraction of sp³-hybridized carbons (Fsp3) is 0.320. The molecule has 2 aromatic rings. The highest BCUT2D eigenvalue weighted by molar-refractivity contribution is 5.75. The number of nitrogens with two attached hydrogens (primary N) is 1. The number of fused-ring (bicyclic) bond motifs is 1. The maximum Gasteiger partial charge on any atom is 0.0670 e. The van der Waals surface area contributed by atoms with E-state index in [9.17, 15) is 5.26 Å². The third-order valence-electron chi connectivity index (χ3n) is 5.88. The smallest absolute Gasteiger partial charge is 0.0670 e. The zero-order valence-corrected chi connectivity index (χ0v) is 17.5. The Balaban J connectivity index is 1.77. The van der Waals surface area contributed by atoms with Crippen LogP contribution in [-0.2, 0) is 6.42 Å². The van der Waals surface area contributed by atoms with Crippen LogP contribution in [0.25, 0.3) is 11.3 Å². The number of nitriles is 1. The molecule has 0 aromatic heterocycles. The molecule has 2 aliphatic rings. The maximum atomic E-state index is 9.21. The summed E-state index contributed by atoms with van der Waals surface area (Å²) in [4.78, 5) is 0. The fourth-order valence-electron chi connectivity index (χ4n) is 4.35. The van der Waals surface area contributed by atoms with Crippen molar-refractivity contribution in [2.75, 3.05) is 25.0 Å². The summed E-state index contributed by atoms with van der Waals surface area (Å²) in [6.45, 7) is 4.72. The molecule has 0 fully saturated rings. The van der Waals surface area contributed by atoms with Gasteiger partial charge in [0.15, 0.2) is 0 Å². The molecule has 0 radical (unpaired) electrons. The number of anilines is 1. The quantitative estimate of drug-likeness (QED) is 0.626. The van der Waals surface area contributed by atoms with Crippen molar-refractivity contribution in [2.45, 2.75) is 32.2 Å². The summed E-state index contributed by atoms with van der Waals surface area (Å²) >= 11 is 0. The first kappa shape index (κ1) is 20.1. The predicted octanol–water partition coefficient (Wildman–Crippen LogP) is 3.92. The Kier molecular flexibility index (Phi) is 6.06. The Morgan fingerprint density at radius 1 is 1.23 bits per heavy atom. The second-order valence-electron chi connectivity index (χ2n) is 7.95. The number of benzene rings is 2. The molecular formula is C25H29N5. The van der Waals surface area contributed by atoms with Crippen LogP contribution in [0.15, 0.2) is 54.2 Å². The van der Waals surface area contributed by atoms with Crippen molar-refractivity contribution < 1.29 is 0 Å². The van der Waals surface area contributed by atoms with Crippen LogP contribution in [0, 0.1) is 11.3 Å². The van der Waals surface area contributed by atoms with Gasteiger partial charge in [-0.15, -0.1) is 0 Å². The molecule has 154 valence electrons. The van der Waals surface area contributed by atoms with Crippen molar-refractivity contribution in [2.24, 2.45) is 5.73 Å². The minimum absolute atomic E-state index is 0.131. The van der Waals surface area contributed by atoms with Gasteiger partial charge in [0.05, 0.1) is 24.2 Å². The molecule has 0 amide bonds. The van der Waals surface area contributed by atoms with E-state index in [-0.39, 0.29) is 6.04 Å². The summed E-state index contributed by atoms with van der Waals surface area (Å²) in [6.07, 6.45) is 4.65. The number of nitrogens with one attached hydrogen (secondary N) is 3. The van der Waals surface area contributed by atoms with E-state index in [1.165, 1.54) is 16.7 Å². The second kappa shape index (κ2) is 9.06. The van der Waals surface area contributed by atoms with Crippen molar-refractivity contribution in [3.8, 4) is 6.07 Å². The first-order valence-electron chi connectivity index (χ1n) is 10.6. The van der Waals surface area contributed by atoms with Crippen molar-refractivity contribution in [3.63, 3.8) is 0 Å². The van der Waals surface area contributed by atoms with Crippen molar-refractivity contribution in [1.29, 1.82) is 5.26 Å². The Hall–Kier alpha value is -3.23. The molecule has 0 bridgehead atoms. The Labute approximate surface area is 178 Å². The Morgan fingerprint density at radius 3 is 2.87 bits per heavy atom. The molecule has 0 aliphatic carbocycles. The summed E-state index contributed by atoms with van der Waals surface area (Å²) < 4.78 is 0. The lowest BCUT2D eigenvalue weighted by atomic mass is 9.90. The van der Waals surface area contributed by atoms with Crippen LogP contribution in [0.3, 0.4) is 0 Å². The van der Waals surface area contributed by atoms with E-state index >= 15 is 0 Å². The lowest BCUT2D eigenvalue weighted by molar-refractivity contribution is 0.681. The van der Waals surface area contributed by atoms with Crippen LogP contribution >= 0.6 is 0 Å². The summed E-state index contributed by atoms with van der Waals surface area (Å²) in [7, 11) is 0. The molecule has 2 aliphatic heterocycles. The summed E-state index contributed by atoms with van der Waals surface area (Å²) in [5.41, 5.74) is 15.2. The molecule has 0 saturated carbocycles. The third-order valence-corrected chi connectivity index (χ3v) is 5.88. The van der Waals surface area contributed by atoms with Gasteiger partial charge in [-0.1, -0.05) is 36.4 Å². The highest BCUT2D eigenvalue weighted by atomic mass is 15.0. The number of para-hydroxylation sites is 1. The fourth-order valence-corrected chi connectivity index (χ4v) is 4.35. The van der Waals surface area contributed by atoms with Gasteiger partial charge in [-0.25, -0.2) is 0 Å². The van der Waals surface area contributed by atoms with Crippen molar-refractivity contribution >= 4 is 17.0 Å². The van der Waals surface area contributed by atoms with E-state index in [0.29, 0.717) is 6.42 Å². The number of rotatable bonds is 4. The highest BCUT2D eigenvalue weighted by Crippen LogP contribution is 2.35. The maximum absolute atomic E-state index is 9.21. The van der Waals surface area contributed by atoms with Crippen molar-refractivity contribution in [3.05, 3.63) is 76.5 Å². The van der Waals surface area contributed by atoms with E-state index in [4.69, 9.17) is 5.73 Å². The molecule has 0 spiro atoms. The molecule has 5 heteroatoms. The zero-order valence-electron chi connectivity index (χ0n) is 17.5. The van der Waals surface area contributed by atoms with Gasteiger partial charge in [0.1, 0.15) is 0 Å². The largest absolute Gasteiger partial charge is 0.401 e. The number of allylic oxidation sites excluding steroid dienone is 1. The molecule has 1 unspecified atom stereocenters. The van der Waals surface area contributed by atoms with Crippen LogP contribution in [0.1, 0.15) is 48.1 Å². The third kappa shape index (κ3) is 4.19. The molecule has 2 heterocycles. The van der Waals surface area contributed by atoms with Crippen LogP contribution in [0.2, 0.25) is 0 Å². The van der Waals surface area contributed by atoms with Gasteiger partial charge >= 0.3 is 0 Å². The van der Waals surface area contributed by atoms with Gasteiger partial charge in [-0.2, -0.15) is 5.26 Å². The van der Waals surface area contributed by atoms with Gasteiger partial charge in [0, 0.05) is 30.0 Å². The van der Waals surface area contributed by atoms with Crippen LogP contribution in [0.5, 0.6) is 0 Å². The van der Waals surface area contributed by atoms with E-state index in [1.807, 2.05) is 25.1 Å². The minimum atomic E-state index is 0.131. The molecular weight excluding hydrogens is 370 g/mol. The zero-order chi connectivity index (χ0) is 20.9. The summed E-state index contributed by atoms with van der Waals surface area (Å²) in [6, 6.07) is 17.2. The SMILES string of the molecule is C/C(N)=C1/NCCC(Nc2ccccc2CC#N)c2cc(C3=CCNCC3)ccc21. The standard InChI is InChI=1S/C25H29N5/c1-17(27)25-21-7-6-20(18-9-13-28-14-10-18)16-22(21)24(11-15-29-25)30-23-5-3-2-4-19(23)8-12-26/h2-7,9,16,24,28-30H,8,10-11,13-15,27H2,1H3/b25-17-. The summed E-state index contributed by atoms with van der Waals surface area (Å²) in [5, 5.41) is 19.9. The molecule has 1 atom stereocenters.